The minimum Gasteiger partial charge on any atom is -0.253 e. The van der Waals surface area contributed by atoms with E-state index in [2.05, 4.69) is 17.1 Å². The molecule has 5 heteroatoms. The van der Waals surface area contributed by atoms with Crippen LogP contribution in [0.3, 0.4) is 0 Å². The van der Waals surface area contributed by atoms with Gasteiger partial charge in [0.15, 0.2) is 0 Å². The molecule has 0 aliphatic heterocycles. The molecule has 0 radical (unpaired) electrons. The van der Waals surface area contributed by atoms with Gasteiger partial charge in [-0.3, -0.25) is 4.99 Å². The van der Waals surface area contributed by atoms with Crippen molar-refractivity contribution >= 4 is 23.2 Å². The topological polar surface area (TPSA) is 12.4 Å². The average molecular weight is 337 g/mol. The van der Waals surface area contributed by atoms with Crippen molar-refractivity contribution in [2.75, 3.05) is 6.26 Å². The maximum absolute atomic E-state index is 12.8. The van der Waals surface area contributed by atoms with Crippen LogP contribution in [-0.4, -0.2) is 12.0 Å². The Morgan fingerprint density at radius 1 is 1.22 bits per heavy atom. The van der Waals surface area contributed by atoms with Crippen molar-refractivity contribution in [3.8, 4) is 0 Å². The molecule has 0 amide bonds. The molecule has 0 fully saturated rings. The van der Waals surface area contributed by atoms with Crippen LogP contribution >= 0.6 is 11.8 Å². The molecule has 0 spiro atoms. The average Bonchev–Trinajstić information content (AvgIpc) is 2.46. The molecule has 0 saturated heterocycles. The molecule has 2 rings (SSSR count). The number of allylic oxidation sites excluding steroid dienone is 5. The molecule has 1 aromatic rings. The molecule has 0 saturated carbocycles. The molecule has 1 aliphatic rings. The van der Waals surface area contributed by atoms with E-state index in [0.29, 0.717) is 5.69 Å². The van der Waals surface area contributed by atoms with Crippen molar-refractivity contribution < 1.29 is 13.2 Å². The summed E-state index contributed by atoms with van der Waals surface area (Å²) in [4.78, 5) is 5.46. The van der Waals surface area contributed by atoms with Gasteiger partial charge >= 0.3 is 6.18 Å². The number of rotatable bonds is 3. The summed E-state index contributed by atoms with van der Waals surface area (Å²) >= 11 is 1.60. The number of hydrogen-bond donors (Lipinski definition) is 0. The zero-order chi connectivity index (χ0) is 16.9. The quantitative estimate of drug-likeness (QED) is 0.588. The van der Waals surface area contributed by atoms with Gasteiger partial charge in [-0.2, -0.15) is 13.2 Å². The lowest BCUT2D eigenvalue weighted by atomic mass is 10.1. The third kappa shape index (κ3) is 4.86. The zero-order valence-corrected chi connectivity index (χ0v) is 13.8. The van der Waals surface area contributed by atoms with E-state index in [9.17, 15) is 13.2 Å². The Bertz CT molecular complexity index is 682. The molecule has 0 bridgehead atoms. The molecule has 1 aromatic carbocycles. The lowest BCUT2D eigenvalue weighted by molar-refractivity contribution is -0.137. The molecular formula is C18H18F3NS. The molecule has 23 heavy (non-hydrogen) atoms. The highest BCUT2D eigenvalue weighted by molar-refractivity contribution is 8.02. The van der Waals surface area contributed by atoms with Crippen molar-refractivity contribution in [2.24, 2.45) is 4.99 Å². The Morgan fingerprint density at radius 3 is 2.70 bits per heavy atom. The fourth-order valence-electron chi connectivity index (χ4n) is 2.28. The molecule has 1 aliphatic carbocycles. The molecule has 0 heterocycles. The second-order valence-corrected chi connectivity index (χ2v) is 5.95. The Morgan fingerprint density at radius 2 is 2.00 bits per heavy atom. The first-order valence-corrected chi connectivity index (χ1v) is 8.48. The van der Waals surface area contributed by atoms with E-state index in [1.165, 1.54) is 6.07 Å². The van der Waals surface area contributed by atoms with E-state index in [4.69, 9.17) is 0 Å². The number of hydrogen-bond acceptors (Lipinski definition) is 2. The predicted octanol–water partition coefficient (Wildman–Crippen LogP) is 6.32. The normalized spacial score (nSPS) is 17.9. The van der Waals surface area contributed by atoms with Gasteiger partial charge in [-0.05, 0) is 50.3 Å². The second kappa shape index (κ2) is 7.68. The number of halogens is 3. The van der Waals surface area contributed by atoms with Gasteiger partial charge < -0.3 is 0 Å². The van der Waals surface area contributed by atoms with Crippen LogP contribution in [0.25, 0.3) is 0 Å². The zero-order valence-electron chi connectivity index (χ0n) is 13.0. The molecule has 122 valence electrons. The van der Waals surface area contributed by atoms with E-state index in [0.717, 1.165) is 41.2 Å². The predicted molar refractivity (Wildman–Crippen MR) is 92.3 cm³/mol. The molecular weight excluding hydrogens is 319 g/mol. The van der Waals surface area contributed by atoms with Crippen molar-refractivity contribution in [3.05, 3.63) is 64.6 Å². The van der Waals surface area contributed by atoms with Crippen LogP contribution in [0.5, 0.6) is 0 Å². The minimum atomic E-state index is -4.35. The van der Waals surface area contributed by atoms with Gasteiger partial charge in [0.25, 0.3) is 0 Å². The summed E-state index contributed by atoms with van der Waals surface area (Å²) in [5.74, 6) is 0. The van der Waals surface area contributed by atoms with Gasteiger partial charge in [-0.15, -0.1) is 11.8 Å². The number of nitrogens with zero attached hydrogens (tertiary/aromatic N) is 1. The highest BCUT2D eigenvalue weighted by Gasteiger charge is 2.30. The first kappa shape index (κ1) is 17.6. The van der Waals surface area contributed by atoms with Gasteiger partial charge in [-0.1, -0.05) is 24.3 Å². The third-order valence-corrected chi connectivity index (χ3v) is 4.21. The van der Waals surface area contributed by atoms with Crippen LogP contribution in [0.15, 0.2) is 64.0 Å². The molecule has 0 N–H and O–H groups in total. The summed E-state index contributed by atoms with van der Waals surface area (Å²) < 4.78 is 38.4. The lowest BCUT2D eigenvalue weighted by Crippen LogP contribution is -2.04. The monoisotopic (exact) mass is 337 g/mol. The first-order valence-electron chi connectivity index (χ1n) is 7.26. The van der Waals surface area contributed by atoms with Crippen LogP contribution in [-0.2, 0) is 6.18 Å². The summed E-state index contributed by atoms with van der Waals surface area (Å²) in [5, 5.41) is 0. The van der Waals surface area contributed by atoms with Crippen molar-refractivity contribution in [3.63, 3.8) is 0 Å². The van der Waals surface area contributed by atoms with E-state index >= 15 is 0 Å². The Kier molecular flexibility index (Phi) is 5.88. The van der Waals surface area contributed by atoms with E-state index < -0.39 is 11.7 Å². The largest absolute Gasteiger partial charge is 0.416 e. The van der Waals surface area contributed by atoms with E-state index in [-0.39, 0.29) is 0 Å². The molecule has 0 atom stereocenters. The molecule has 0 aromatic heterocycles. The van der Waals surface area contributed by atoms with Crippen molar-refractivity contribution in [2.45, 2.75) is 25.9 Å². The summed E-state index contributed by atoms with van der Waals surface area (Å²) in [6.45, 7) is 1.83. The number of thioether (sulfide) groups is 1. The first-order chi connectivity index (χ1) is 10.9. The number of benzene rings is 1. The van der Waals surface area contributed by atoms with Gasteiger partial charge in [0.1, 0.15) is 0 Å². The van der Waals surface area contributed by atoms with Gasteiger partial charge in [0.2, 0.25) is 0 Å². The number of aliphatic imine (C=N–C) groups is 1. The Balaban J connectivity index is 2.37. The maximum atomic E-state index is 12.8. The Hall–Kier alpha value is -1.75. The molecule has 0 unspecified atom stereocenters. The summed E-state index contributed by atoms with van der Waals surface area (Å²) in [5.41, 5.74) is 1.34. The van der Waals surface area contributed by atoms with Crippen molar-refractivity contribution in [1.29, 1.82) is 0 Å². The van der Waals surface area contributed by atoms with E-state index in [1.54, 1.807) is 17.8 Å². The third-order valence-electron chi connectivity index (χ3n) is 3.41. The fourth-order valence-corrected chi connectivity index (χ4v) is 2.94. The number of alkyl halides is 3. The van der Waals surface area contributed by atoms with Crippen LogP contribution in [0.1, 0.15) is 25.3 Å². The SMILES string of the molecule is CSC1=C/C=C\CCC=C1C(C)=Nc1cccc(C(F)(F)F)c1. The highest BCUT2D eigenvalue weighted by atomic mass is 32.2. The van der Waals surface area contributed by atoms with Crippen LogP contribution in [0.4, 0.5) is 18.9 Å². The van der Waals surface area contributed by atoms with Crippen molar-refractivity contribution in [1.82, 2.24) is 0 Å². The smallest absolute Gasteiger partial charge is 0.253 e. The molecule has 1 nitrogen and oxygen atoms in total. The summed E-state index contributed by atoms with van der Waals surface area (Å²) in [6, 6.07) is 5.11. The highest BCUT2D eigenvalue weighted by Crippen LogP contribution is 2.32. The minimum absolute atomic E-state index is 0.316. The van der Waals surface area contributed by atoms with Gasteiger partial charge in [-0.25, -0.2) is 0 Å². The standard InChI is InChI=1S/C18H18F3NS/c1-13(16-10-5-3-4-6-11-17(16)23-2)22-15-9-7-8-14(12-15)18(19,20)21/h4,6-12H,3,5H2,1-2H3/b6-4-,16-10?,17-11?,22-13?. The Labute approximate surface area is 138 Å². The lowest BCUT2D eigenvalue weighted by Gasteiger charge is -2.12. The van der Waals surface area contributed by atoms with Gasteiger partial charge in [0.05, 0.1) is 11.3 Å². The fraction of sp³-hybridized carbons (Fsp3) is 0.278. The second-order valence-electron chi connectivity index (χ2n) is 5.10. The van der Waals surface area contributed by atoms with E-state index in [1.807, 2.05) is 25.3 Å². The van der Waals surface area contributed by atoms with Crippen LogP contribution in [0, 0.1) is 0 Å². The summed E-state index contributed by atoms with van der Waals surface area (Å²) in [6.07, 6.45) is 7.68. The maximum Gasteiger partial charge on any atom is 0.416 e. The van der Waals surface area contributed by atoms with Crippen LogP contribution < -0.4 is 0 Å². The summed E-state index contributed by atoms with van der Waals surface area (Å²) in [7, 11) is 0. The van der Waals surface area contributed by atoms with Gasteiger partial charge in [0, 0.05) is 16.2 Å². The van der Waals surface area contributed by atoms with Crippen LogP contribution in [0.2, 0.25) is 0 Å².